The van der Waals surface area contributed by atoms with Crippen molar-refractivity contribution < 1.29 is 4.79 Å². The summed E-state index contributed by atoms with van der Waals surface area (Å²) < 4.78 is 1.95. The van der Waals surface area contributed by atoms with Crippen molar-refractivity contribution in [1.29, 1.82) is 0 Å². The molecule has 0 aliphatic carbocycles. The molecule has 112 valence electrons. The fourth-order valence-corrected chi connectivity index (χ4v) is 3.42. The molecule has 5 nitrogen and oxygen atoms in total. The van der Waals surface area contributed by atoms with Gasteiger partial charge in [0.15, 0.2) is 0 Å². The van der Waals surface area contributed by atoms with Gasteiger partial charge in [-0.2, -0.15) is 5.10 Å². The molecule has 1 saturated heterocycles. The van der Waals surface area contributed by atoms with E-state index in [0.717, 1.165) is 25.9 Å². The summed E-state index contributed by atoms with van der Waals surface area (Å²) in [7, 11) is 0. The molecule has 1 aliphatic rings. The summed E-state index contributed by atoms with van der Waals surface area (Å²) in [6, 6.07) is 6.40. The molecule has 0 radical (unpaired) electrons. The quantitative estimate of drug-likeness (QED) is 0.884. The van der Waals surface area contributed by atoms with E-state index < -0.39 is 0 Å². The molecule has 0 aromatic carbocycles. The van der Waals surface area contributed by atoms with Crippen LogP contribution in [0.15, 0.2) is 36.0 Å². The first-order chi connectivity index (χ1) is 10.3. The fourth-order valence-electron chi connectivity index (χ4n) is 2.77. The maximum absolute atomic E-state index is 12.1. The average Bonchev–Trinajstić information content (AvgIpc) is 3.20. The predicted octanol–water partition coefficient (Wildman–Crippen LogP) is 1.73. The SMILES string of the molecule is O=C(CN1CCC[C@@H]1Cn1cccn1)NCc1cccs1. The Hall–Kier alpha value is -1.66. The number of rotatable bonds is 6. The van der Waals surface area contributed by atoms with Crippen LogP contribution in [0, 0.1) is 0 Å². The van der Waals surface area contributed by atoms with Gasteiger partial charge in [0.05, 0.1) is 19.6 Å². The van der Waals surface area contributed by atoms with E-state index >= 15 is 0 Å². The van der Waals surface area contributed by atoms with Gasteiger partial charge in [0.1, 0.15) is 0 Å². The van der Waals surface area contributed by atoms with Crippen molar-refractivity contribution in [2.75, 3.05) is 13.1 Å². The second-order valence-electron chi connectivity index (χ2n) is 5.35. The standard InChI is InChI=1S/C15H20N4OS/c20-15(16-10-14-5-2-9-21-14)12-18-7-1-4-13(18)11-19-8-3-6-17-19/h2-3,5-6,8-9,13H,1,4,7,10-12H2,(H,16,20)/t13-/m1/s1. The van der Waals surface area contributed by atoms with Crippen LogP contribution in [-0.4, -0.2) is 39.7 Å². The summed E-state index contributed by atoms with van der Waals surface area (Å²) in [5.74, 6) is 0.107. The molecule has 2 aromatic rings. The number of carbonyl (C=O) groups excluding carboxylic acids is 1. The Bertz CT molecular complexity index is 552. The molecule has 0 spiro atoms. The number of carbonyl (C=O) groups is 1. The smallest absolute Gasteiger partial charge is 0.234 e. The first kappa shape index (κ1) is 14.3. The van der Waals surface area contributed by atoms with E-state index in [0.29, 0.717) is 19.1 Å². The van der Waals surface area contributed by atoms with E-state index in [1.54, 1.807) is 17.5 Å². The van der Waals surface area contributed by atoms with Crippen molar-refractivity contribution in [3.63, 3.8) is 0 Å². The first-order valence-corrected chi connectivity index (χ1v) is 8.20. The zero-order valence-electron chi connectivity index (χ0n) is 11.9. The molecular formula is C15H20N4OS. The molecule has 6 heteroatoms. The van der Waals surface area contributed by atoms with Gasteiger partial charge in [0.2, 0.25) is 5.91 Å². The van der Waals surface area contributed by atoms with Crippen molar-refractivity contribution in [3.8, 4) is 0 Å². The molecule has 3 heterocycles. The number of nitrogens with zero attached hydrogens (tertiary/aromatic N) is 3. The molecule has 1 atom stereocenters. The summed E-state index contributed by atoms with van der Waals surface area (Å²) >= 11 is 1.67. The predicted molar refractivity (Wildman–Crippen MR) is 83.0 cm³/mol. The average molecular weight is 304 g/mol. The van der Waals surface area contributed by atoms with Crippen molar-refractivity contribution in [2.45, 2.75) is 32.0 Å². The van der Waals surface area contributed by atoms with Crippen molar-refractivity contribution >= 4 is 17.2 Å². The van der Waals surface area contributed by atoms with Crippen LogP contribution >= 0.6 is 11.3 Å². The summed E-state index contributed by atoms with van der Waals surface area (Å²) in [6.45, 7) is 2.98. The van der Waals surface area contributed by atoms with Crippen molar-refractivity contribution in [1.82, 2.24) is 20.0 Å². The maximum atomic E-state index is 12.1. The summed E-state index contributed by atoms with van der Waals surface area (Å²) in [6.07, 6.45) is 6.07. The van der Waals surface area contributed by atoms with Gasteiger partial charge in [-0.05, 0) is 36.9 Å². The van der Waals surface area contributed by atoms with E-state index in [1.807, 2.05) is 34.5 Å². The molecule has 1 fully saturated rings. The number of aromatic nitrogens is 2. The Balaban J connectivity index is 1.47. The minimum Gasteiger partial charge on any atom is -0.350 e. The number of likely N-dealkylation sites (tertiary alicyclic amines) is 1. The van der Waals surface area contributed by atoms with Gasteiger partial charge in [-0.3, -0.25) is 14.4 Å². The number of thiophene rings is 1. The maximum Gasteiger partial charge on any atom is 0.234 e. The zero-order chi connectivity index (χ0) is 14.5. The molecule has 1 amide bonds. The molecule has 0 unspecified atom stereocenters. The van der Waals surface area contributed by atoms with Crippen LogP contribution in [0.5, 0.6) is 0 Å². The fraction of sp³-hybridized carbons (Fsp3) is 0.467. The Kier molecular flexibility index (Phi) is 4.67. The Labute approximate surface area is 128 Å². The van der Waals surface area contributed by atoms with Crippen molar-refractivity contribution in [2.24, 2.45) is 0 Å². The minimum absolute atomic E-state index is 0.107. The molecule has 0 saturated carbocycles. The highest BCUT2D eigenvalue weighted by Gasteiger charge is 2.26. The van der Waals surface area contributed by atoms with Gasteiger partial charge in [-0.1, -0.05) is 6.07 Å². The highest BCUT2D eigenvalue weighted by atomic mass is 32.1. The third-order valence-electron chi connectivity index (χ3n) is 3.84. The molecule has 0 bridgehead atoms. The lowest BCUT2D eigenvalue weighted by Crippen LogP contribution is -2.41. The van der Waals surface area contributed by atoms with Crippen LogP contribution in [-0.2, 0) is 17.9 Å². The Morgan fingerprint density at radius 1 is 1.48 bits per heavy atom. The van der Waals surface area contributed by atoms with Crippen LogP contribution in [0.4, 0.5) is 0 Å². The molecular weight excluding hydrogens is 284 g/mol. The second kappa shape index (κ2) is 6.87. The number of hydrogen-bond donors (Lipinski definition) is 1. The summed E-state index contributed by atoms with van der Waals surface area (Å²) in [4.78, 5) is 15.5. The van der Waals surface area contributed by atoms with E-state index in [-0.39, 0.29) is 5.91 Å². The van der Waals surface area contributed by atoms with Gasteiger partial charge in [0.25, 0.3) is 0 Å². The normalized spacial score (nSPS) is 19.0. The lowest BCUT2D eigenvalue weighted by Gasteiger charge is -2.23. The van der Waals surface area contributed by atoms with Gasteiger partial charge < -0.3 is 5.32 Å². The number of amides is 1. The second-order valence-corrected chi connectivity index (χ2v) is 6.38. The Morgan fingerprint density at radius 2 is 2.43 bits per heavy atom. The first-order valence-electron chi connectivity index (χ1n) is 7.32. The zero-order valence-corrected chi connectivity index (χ0v) is 12.8. The highest BCUT2D eigenvalue weighted by molar-refractivity contribution is 7.09. The molecule has 1 N–H and O–H groups in total. The van der Waals surface area contributed by atoms with Gasteiger partial charge >= 0.3 is 0 Å². The van der Waals surface area contributed by atoms with Crippen LogP contribution in [0.25, 0.3) is 0 Å². The molecule has 1 aliphatic heterocycles. The van der Waals surface area contributed by atoms with Gasteiger partial charge in [0, 0.05) is 23.3 Å². The molecule has 21 heavy (non-hydrogen) atoms. The number of nitrogens with one attached hydrogen (secondary N) is 1. The lowest BCUT2D eigenvalue weighted by atomic mass is 10.2. The molecule has 2 aromatic heterocycles. The topological polar surface area (TPSA) is 50.2 Å². The van der Waals surface area contributed by atoms with E-state index in [2.05, 4.69) is 15.3 Å². The monoisotopic (exact) mass is 304 g/mol. The van der Waals surface area contributed by atoms with E-state index in [4.69, 9.17) is 0 Å². The van der Waals surface area contributed by atoms with Crippen LogP contribution in [0.2, 0.25) is 0 Å². The van der Waals surface area contributed by atoms with Crippen LogP contribution < -0.4 is 5.32 Å². The lowest BCUT2D eigenvalue weighted by molar-refractivity contribution is -0.122. The molecule has 3 rings (SSSR count). The third kappa shape index (κ3) is 3.92. The van der Waals surface area contributed by atoms with Gasteiger partial charge in [-0.25, -0.2) is 0 Å². The highest BCUT2D eigenvalue weighted by Crippen LogP contribution is 2.18. The van der Waals surface area contributed by atoms with Crippen LogP contribution in [0.1, 0.15) is 17.7 Å². The Morgan fingerprint density at radius 3 is 3.19 bits per heavy atom. The third-order valence-corrected chi connectivity index (χ3v) is 4.72. The minimum atomic E-state index is 0.107. The van der Waals surface area contributed by atoms with E-state index in [1.165, 1.54) is 4.88 Å². The van der Waals surface area contributed by atoms with E-state index in [9.17, 15) is 4.79 Å². The summed E-state index contributed by atoms with van der Waals surface area (Å²) in [5, 5.41) is 9.28. The summed E-state index contributed by atoms with van der Waals surface area (Å²) in [5.41, 5.74) is 0. The van der Waals surface area contributed by atoms with Crippen LogP contribution in [0.3, 0.4) is 0 Å². The van der Waals surface area contributed by atoms with Crippen molar-refractivity contribution in [3.05, 3.63) is 40.8 Å². The largest absolute Gasteiger partial charge is 0.350 e. The van der Waals surface area contributed by atoms with Gasteiger partial charge in [-0.15, -0.1) is 11.3 Å². The number of hydrogen-bond acceptors (Lipinski definition) is 4.